The Morgan fingerprint density at radius 2 is 2.11 bits per heavy atom. The van der Waals surface area contributed by atoms with Crippen LogP contribution in [-0.2, 0) is 14.6 Å². The van der Waals surface area contributed by atoms with Gasteiger partial charge in [-0.15, -0.1) is 0 Å². The van der Waals surface area contributed by atoms with Gasteiger partial charge in [0.2, 0.25) is 5.91 Å². The number of carbonyl (C=O) groups is 1. The van der Waals surface area contributed by atoms with Crippen LogP contribution in [-0.4, -0.2) is 35.3 Å². The molecule has 0 aliphatic carbocycles. The van der Waals surface area contributed by atoms with Gasteiger partial charge < -0.3 is 5.32 Å². The molecule has 2 heterocycles. The van der Waals surface area contributed by atoms with Crippen LogP contribution in [0.5, 0.6) is 0 Å². The molecular weight excluding hydrogens is 402 g/mol. The van der Waals surface area contributed by atoms with Crippen molar-refractivity contribution in [2.45, 2.75) is 24.5 Å². The van der Waals surface area contributed by atoms with Crippen LogP contribution >= 0.6 is 31.9 Å². The van der Waals surface area contributed by atoms with Gasteiger partial charge in [0, 0.05) is 0 Å². The molecule has 0 radical (unpaired) electrons. The third-order valence-electron chi connectivity index (χ3n) is 2.81. The molecule has 1 saturated heterocycles. The van der Waals surface area contributed by atoms with E-state index in [0.717, 1.165) is 6.42 Å². The average molecular weight is 413 g/mol. The first-order valence-corrected chi connectivity index (χ1v) is 8.91. The number of halogens is 2. The number of amides is 1. The van der Waals surface area contributed by atoms with Gasteiger partial charge >= 0.3 is 0 Å². The summed E-state index contributed by atoms with van der Waals surface area (Å²) in [6.45, 7) is 0. The molecular formula is C10H11Br2N3O3S. The van der Waals surface area contributed by atoms with Gasteiger partial charge in [0.25, 0.3) is 0 Å². The molecule has 0 saturated carbocycles. The smallest absolute Gasteiger partial charge is 0.243 e. The molecule has 0 spiro atoms. The van der Waals surface area contributed by atoms with Crippen molar-refractivity contribution in [3.63, 3.8) is 0 Å². The van der Waals surface area contributed by atoms with E-state index in [1.165, 1.54) is 6.20 Å². The highest BCUT2D eigenvalue weighted by Crippen LogP contribution is 2.23. The molecule has 2 rings (SSSR count). The van der Waals surface area contributed by atoms with Gasteiger partial charge in [0.1, 0.15) is 14.5 Å². The van der Waals surface area contributed by atoms with Crippen LogP contribution in [0.1, 0.15) is 19.3 Å². The second-order valence-electron chi connectivity index (χ2n) is 4.17. The number of anilines is 1. The SMILES string of the molecule is O=C(Nc1ncc(Br)nc1Br)C1CCCCS1(=O)=O. The number of nitrogens with zero attached hydrogens (tertiary/aromatic N) is 2. The van der Waals surface area contributed by atoms with Gasteiger partial charge in [0.05, 0.1) is 11.9 Å². The van der Waals surface area contributed by atoms with E-state index in [-0.39, 0.29) is 11.6 Å². The quantitative estimate of drug-likeness (QED) is 0.801. The lowest BCUT2D eigenvalue weighted by Crippen LogP contribution is -2.39. The summed E-state index contributed by atoms with van der Waals surface area (Å²) >= 11 is 6.31. The molecule has 1 aliphatic heterocycles. The Hall–Kier alpha value is -0.540. The van der Waals surface area contributed by atoms with E-state index >= 15 is 0 Å². The summed E-state index contributed by atoms with van der Waals surface area (Å²) in [5.74, 6) is -0.260. The fourth-order valence-corrected chi connectivity index (χ4v) is 4.59. The van der Waals surface area contributed by atoms with Crippen LogP contribution in [0.2, 0.25) is 0 Å². The summed E-state index contributed by atoms with van der Waals surface area (Å²) in [5.41, 5.74) is 0. The van der Waals surface area contributed by atoms with E-state index in [4.69, 9.17) is 0 Å². The van der Waals surface area contributed by atoms with Crippen LogP contribution in [0, 0.1) is 0 Å². The fourth-order valence-electron chi connectivity index (χ4n) is 1.88. The fraction of sp³-hybridized carbons (Fsp3) is 0.500. The zero-order chi connectivity index (χ0) is 14.0. The molecule has 0 aromatic carbocycles. The molecule has 9 heteroatoms. The van der Waals surface area contributed by atoms with Crippen LogP contribution in [0.15, 0.2) is 15.4 Å². The Kier molecular flexibility index (Phi) is 4.57. The third-order valence-corrected chi connectivity index (χ3v) is 5.92. The monoisotopic (exact) mass is 411 g/mol. The number of aromatic nitrogens is 2. The van der Waals surface area contributed by atoms with Crippen molar-refractivity contribution >= 4 is 53.4 Å². The summed E-state index contributed by atoms with van der Waals surface area (Å²) in [7, 11) is -3.35. The van der Waals surface area contributed by atoms with Crippen molar-refractivity contribution in [3.8, 4) is 0 Å². The molecule has 104 valence electrons. The minimum Gasteiger partial charge on any atom is -0.307 e. The number of nitrogens with one attached hydrogen (secondary N) is 1. The largest absolute Gasteiger partial charge is 0.307 e. The Bertz CT molecular complexity index is 606. The number of hydrogen-bond acceptors (Lipinski definition) is 5. The highest BCUT2D eigenvalue weighted by molar-refractivity contribution is 9.11. The van der Waals surface area contributed by atoms with Crippen molar-refractivity contribution in [3.05, 3.63) is 15.4 Å². The lowest BCUT2D eigenvalue weighted by molar-refractivity contribution is -0.116. The molecule has 6 nitrogen and oxygen atoms in total. The lowest BCUT2D eigenvalue weighted by Gasteiger charge is -2.21. The zero-order valence-electron chi connectivity index (χ0n) is 9.77. The maximum absolute atomic E-state index is 12.0. The maximum atomic E-state index is 12.0. The molecule has 1 aliphatic rings. The Labute approximate surface area is 127 Å². The Morgan fingerprint density at radius 3 is 2.74 bits per heavy atom. The van der Waals surface area contributed by atoms with Crippen LogP contribution < -0.4 is 5.32 Å². The minimum absolute atomic E-state index is 0.0677. The molecule has 19 heavy (non-hydrogen) atoms. The van der Waals surface area contributed by atoms with E-state index < -0.39 is 21.0 Å². The summed E-state index contributed by atoms with van der Waals surface area (Å²) < 4.78 is 24.5. The minimum atomic E-state index is -3.35. The van der Waals surface area contributed by atoms with Gasteiger partial charge in [-0.1, -0.05) is 6.42 Å². The highest BCUT2D eigenvalue weighted by atomic mass is 79.9. The first kappa shape index (κ1) is 14.9. The standard InChI is InChI=1S/C10H11Br2N3O3S/c11-7-5-13-9(8(12)14-7)15-10(16)6-3-1-2-4-19(6,17)18/h5-6H,1-4H2,(H,13,15,16). The molecule has 1 aromatic rings. The molecule has 1 unspecified atom stereocenters. The average Bonchev–Trinajstić information content (AvgIpc) is 2.32. The summed E-state index contributed by atoms with van der Waals surface area (Å²) in [5, 5.41) is 1.52. The normalized spacial score (nSPS) is 21.9. The van der Waals surface area contributed by atoms with Gasteiger partial charge in [-0.3, -0.25) is 4.79 Å². The molecule has 1 atom stereocenters. The van der Waals surface area contributed by atoms with E-state index in [9.17, 15) is 13.2 Å². The molecule has 1 N–H and O–H groups in total. The van der Waals surface area contributed by atoms with Crippen LogP contribution in [0.25, 0.3) is 0 Å². The molecule has 0 bridgehead atoms. The number of carbonyl (C=O) groups excluding carboxylic acids is 1. The number of hydrogen-bond donors (Lipinski definition) is 1. The van der Waals surface area contributed by atoms with Gasteiger partial charge in [0.15, 0.2) is 15.7 Å². The Morgan fingerprint density at radius 1 is 1.37 bits per heavy atom. The predicted molar refractivity (Wildman–Crippen MR) is 77.5 cm³/mol. The van der Waals surface area contributed by atoms with Crippen molar-refractivity contribution in [1.82, 2.24) is 9.97 Å². The van der Waals surface area contributed by atoms with Crippen LogP contribution in [0.4, 0.5) is 5.82 Å². The first-order valence-electron chi connectivity index (χ1n) is 5.60. The van der Waals surface area contributed by atoms with Gasteiger partial charge in [-0.25, -0.2) is 18.4 Å². The van der Waals surface area contributed by atoms with Crippen molar-refractivity contribution in [2.24, 2.45) is 0 Å². The van der Waals surface area contributed by atoms with E-state index in [1.807, 2.05) is 0 Å². The third kappa shape index (κ3) is 3.51. The van der Waals surface area contributed by atoms with E-state index in [0.29, 0.717) is 22.0 Å². The summed E-state index contributed by atoms with van der Waals surface area (Å²) in [6, 6.07) is 0. The second kappa shape index (κ2) is 5.84. The van der Waals surface area contributed by atoms with Crippen molar-refractivity contribution in [2.75, 3.05) is 11.1 Å². The van der Waals surface area contributed by atoms with Crippen molar-refractivity contribution < 1.29 is 13.2 Å². The van der Waals surface area contributed by atoms with Crippen molar-refractivity contribution in [1.29, 1.82) is 0 Å². The molecule has 1 aromatic heterocycles. The topological polar surface area (TPSA) is 89.0 Å². The lowest BCUT2D eigenvalue weighted by atomic mass is 10.2. The number of rotatable bonds is 2. The highest BCUT2D eigenvalue weighted by Gasteiger charge is 2.35. The van der Waals surface area contributed by atoms with E-state index in [1.54, 1.807) is 0 Å². The second-order valence-corrected chi connectivity index (χ2v) is 8.04. The predicted octanol–water partition coefficient (Wildman–Crippen LogP) is 1.91. The zero-order valence-corrected chi connectivity index (χ0v) is 13.8. The number of sulfone groups is 1. The molecule has 1 amide bonds. The van der Waals surface area contributed by atoms with Gasteiger partial charge in [-0.05, 0) is 44.7 Å². The van der Waals surface area contributed by atoms with Crippen LogP contribution in [0.3, 0.4) is 0 Å². The Balaban J connectivity index is 2.17. The molecule has 1 fully saturated rings. The van der Waals surface area contributed by atoms with E-state index in [2.05, 4.69) is 47.1 Å². The summed E-state index contributed by atoms with van der Waals surface area (Å²) in [4.78, 5) is 20.0. The maximum Gasteiger partial charge on any atom is 0.243 e. The van der Waals surface area contributed by atoms with Gasteiger partial charge in [-0.2, -0.15) is 0 Å². The summed E-state index contributed by atoms with van der Waals surface area (Å²) in [6.07, 6.45) is 3.14. The first-order chi connectivity index (χ1) is 8.90.